The molecular weight excluding hydrogens is 155 g/mol. The SMILES string of the molecule is O=C(O)C1CCCCC1.[H-].[K+]. The summed E-state index contributed by atoms with van der Waals surface area (Å²) in [6, 6.07) is 0. The van der Waals surface area contributed by atoms with Crippen LogP contribution >= 0.6 is 0 Å². The molecule has 0 aliphatic heterocycles. The Morgan fingerprint density at radius 3 is 2.10 bits per heavy atom. The van der Waals surface area contributed by atoms with E-state index in [4.69, 9.17) is 5.11 Å². The molecule has 2 nitrogen and oxygen atoms in total. The number of carboxylic acid groups (broad SMARTS) is 1. The standard InChI is InChI=1S/C7H12O2.K.H/c8-7(9)6-4-2-1-3-5-6;;/h6H,1-5H2,(H,8,9);;/q;+1;-1. The minimum absolute atomic E-state index is 0. The molecule has 3 heteroatoms. The number of rotatable bonds is 1. The molecule has 1 rings (SSSR count). The van der Waals surface area contributed by atoms with Gasteiger partial charge in [-0.25, -0.2) is 0 Å². The zero-order valence-electron chi connectivity index (χ0n) is 7.47. The second kappa shape index (κ2) is 5.72. The van der Waals surface area contributed by atoms with E-state index in [2.05, 4.69) is 0 Å². The van der Waals surface area contributed by atoms with Crippen molar-refractivity contribution < 1.29 is 62.7 Å². The molecule has 1 aliphatic carbocycles. The molecule has 0 aromatic rings. The summed E-state index contributed by atoms with van der Waals surface area (Å²) in [7, 11) is 0. The van der Waals surface area contributed by atoms with Crippen LogP contribution in [-0.4, -0.2) is 11.1 Å². The van der Waals surface area contributed by atoms with Crippen LogP contribution in [0.1, 0.15) is 33.5 Å². The summed E-state index contributed by atoms with van der Waals surface area (Å²) in [6.07, 6.45) is 5.24. The Kier molecular flexibility index (Phi) is 6.35. The maximum Gasteiger partial charge on any atom is 1.00 e. The molecular formula is C7H13KO2. The number of hydrogen-bond acceptors (Lipinski definition) is 1. The first-order valence-electron chi connectivity index (χ1n) is 3.53. The van der Waals surface area contributed by atoms with Gasteiger partial charge in [-0.3, -0.25) is 4.79 Å². The van der Waals surface area contributed by atoms with Gasteiger partial charge in [-0.2, -0.15) is 0 Å². The summed E-state index contributed by atoms with van der Waals surface area (Å²) in [4.78, 5) is 10.4. The Morgan fingerprint density at radius 1 is 1.30 bits per heavy atom. The van der Waals surface area contributed by atoms with Gasteiger partial charge in [-0.15, -0.1) is 0 Å². The van der Waals surface area contributed by atoms with Crippen molar-refractivity contribution in [3.05, 3.63) is 0 Å². The summed E-state index contributed by atoms with van der Waals surface area (Å²) in [5.41, 5.74) is 0. The van der Waals surface area contributed by atoms with E-state index in [1.807, 2.05) is 0 Å². The van der Waals surface area contributed by atoms with E-state index in [0.29, 0.717) is 0 Å². The van der Waals surface area contributed by atoms with E-state index < -0.39 is 5.97 Å². The van der Waals surface area contributed by atoms with Crippen molar-refractivity contribution in [3.63, 3.8) is 0 Å². The summed E-state index contributed by atoms with van der Waals surface area (Å²) < 4.78 is 0. The van der Waals surface area contributed by atoms with Gasteiger partial charge in [0.2, 0.25) is 0 Å². The molecule has 0 spiro atoms. The van der Waals surface area contributed by atoms with Crippen molar-refractivity contribution in [2.45, 2.75) is 32.1 Å². The molecule has 0 atom stereocenters. The average Bonchev–Trinajstić information content (AvgIpc) is 1.90. The Labute approximate surface area is 105 Å². The zero-order valence-corrected chi connectivity index (χ0v) is 9.59. The third-order valence-corrected chi connectivity index (χ3v) is 1.95. The normalized spacial score (nSPS) is 19.6. The third kappa shape index (κ3) is 3.48. The number of hydrogen-bond donors (Lipinski definition) is 1. The van der Waals surface area contributed by atoms with E-state index in [0.717, 1.165) is 25.7 Å². The first kappa shape index (κ1) is 11.1. The molecule has 1 N–H and O–H groups in total. The minimum atomic E-state index is -0.602. The summed E-state index contributed by atoms with van der Waals surface area (Å²) in [5.74, 6) is -0.631. The van der Waals surface area contributed by atoms with Gasteiger partial charge in [0.05, 0.1) is 5.92 Å². The van der Waals surface area contributed by atoms with E-state index in [9.17, 15) is 4.79 Å². The van der Waals surface area contributed by atoms with Crippen LogP contribution in [0.15, 0.2) is 0 Å². The fraction of sp³-hybridized carbons (Fsp3) is 0.857. The van der Waals surface area contributed by atoms with Crippen molar-refractivity contribution in [2.75, 3.05) is 0 Å². The largest absolute Gasteiger partial charge is 1.00 e. The van der Waals surface area contributed by atoms with E-state index in [1.54, 1.807) is 0 Å². The van der Waals surface area contributed by atoms with Gasteiger partial charge in [-0.05, 0) is 12.8 Å². The first-order chi connectivity index (χ1) is 4.30. The van der Waals surface area contributed by atoms with Gasteiger partial charge in [0.1, 0.15) is 0 Å². The topological polar surface area (TPSA) is 37.3 Å². The first-order valence-corrected chi connectivity index (χ1v) is 3.53. The average molecular weight is 168 g/mol. The predicted octanol–water partition coefficient (Wildman–Crippen LogP) is -1.23. The van der Waals surface area contributed by atoms with Crippen LogP contribution in [0.3, 0.4) is 0 Å². The van der Waals surface area contributed by atoms with E-state index >= 15 is 0 Å². The van der Waals surface area contributed by atoms with Crippen molar-refractivity contribution in [1.82, 2.24) is 0 Å². The van der Waals surface area contributed by atoms with Gasteiger partial charge in [0.25, 0.3) is 0 Å². The van der Waals surface area contributed by atoms with Crippen LogP contribution in [-0.2, 0) is 4.79 Å². The van der Waals surface area contributed by atoms with Crippen molar-refractivity contribution in [2.24, 2.45) is 5.92 Å². The van der Waals surface area contributed by atoms with Gasteiger partial charge in [0, 0.05) is 0 Å². The number of aliphatic carboxylic acids is 1. The smallest absolute Gasteiger partial charge is 1.00 e. The monoisotopic (exact) mass is 168 g/mol. The molecule has 0 saturated heterocycles. The molecule has 0 aromatic carbocycles. The maximum absolute atomic E-state index is 10.4. The molecule has 0 radical (unpaired) electrons. The predicted molar refractivity (Wildman–Crippen MR) is 35.3 cm³/mol. The van der Waals surface area contributed by atoms with E-state index in [1.165, 1.54) is 6.42 Å². The fourth-order valence-corrected chi connectivity index (χ4v) is 1.35. The second-order valence-corrected chi connectivity index (χ2v) is 2.67. The third-order valence-electron chi connectivity index (χ3n) is 1.95. The molecule has 1 aliphatic rings. The Morgan fingerprint density at radius 2 is 1.80 bits per heavy atom. The molecule has 0 unspecified atom stereocenters. The minimum Gasteiger partial charge on any atom is -1.00 e. The van der Waals surface area contributed by atoms with Crippen LogP contribution in [0.2, 0.25) is 0 Å². The van der Waals surface area contributed by atoms with Gasteiger partial charge in [-0.1, -0.05) is 19.3 Å². The quantitative estimate of drug-likeness (QED) is 0.498. The van der Waals surface area contributed by atoms with Gasteiger partial charge in [0.15, 0.2) is 0 Å². The molecule has 0 heterocycles. The molecule has 0 amide bonds. The summed E-state index contributed by atoms with van der Waals surface area (Å²) in [5, 5.41) is 8.54. The second-order valence-electron chi connectivity index (χ2n) is 2.67. The van der Waals surface area contributed by atoms with Crippen LogP contribution in [0, 0.1) is 5.92 Å². The van der Waals surface area contributed by atoms with Crippen molar-refractivity contribution in [1.29, 1.82) is 0 Å². The Bertz CT molecular complexity index is 113. The molecule has 0 bridgehead atoms. The van der Waals surface area contributed by atoms with Crippen molar-refractivity contribution >= 4 is 5.97 Å². The molecule has 54 valence electrons. The Balaban J connectivity index is 0. The van der Waals surface area contributed by atoms with Crippen LogP contribution in [0.25, 0.3) is 0 Å². The zero-order chi connectivity index (χ0) is 6.69. The van der Waals surface area contributed by atoms with Crippen LogP contribution in [0.5, 0.6) is 0 Å². The van der Waals surface area contributed by atoms with E-state index in [-0.39, 0.29) is 58.7 Å². The number of carboxylic acids is 1. The number of carbonyl (C=O) groups is 1. The Hall–Kier alpha value is 1.11. The summed E-state index contributed by atoms with van der Waals surface area (Å²) >= 11 is 0. The molecule has 1 saturated carbocycles. The molecule has 0 aromatic heterocycles. The molecule has 10 heavy (non-hydrogen) atoms. The van der Waals surface area contributed by atoms with Gasteiger partial charge < -0.3 is 6.53 Å². The van der Waals surface area contributed by atoms with Crippen molar-refractivity contribution in [3.8, 4) is 0 Å². The summed E-state index contributed by atoms with van der Waals surface area (Å²) in [6.45, 7) is 0. The van der Waals surface area contributed by atoms with Crippen LogP contribution in [0.4, 0.5) is 0 Å². The van der Waals surface area contributed by atoms with Gasteiger partial charge >= 0.3 is 57.4 Å². The maximum atomic E-state index is 10.4. The molecule has 1 fully saturated rings. The van der Waals surface area contributed by atoms with Crippen LogP contribution < -0.4 is 51.4 Å². The fourth-order valence-electron chi connectivity index (χ4n) is 1.35.